The van der Waals surface area contributed by atoms with Crippen LogP contribution in [0.5, 0.6) is 0 Å². The van der Waals surface area contributed by atoms with Crippen molar-refractivity contribution in [2.45, 2.75) is 44.2 Å². The quantitative estimate of drug-likeness (QED) is 0.914. The molecular weight excluding hydrogens is 308 g/mol. The summed E-state index contributed by atoms with van der Waals surface area (Å²) in [4.78, 5) is 39.7. The highest BCUT2D eigenvalue weighted by Gasteiger charge is 2.46. The predicted molar refractivity (Wildman–Crippen MR) is 87.4 cm³/mol. The molecule has 2 amide bonds. The molecule has 6 nitrogen and oxygen atoms in total. The number of aliphatic carboxylic acids is 1. The van der Waals surface area contributed by atoms with E-state index in [1.807, 2.05) is 12.1 Å². The largest absolute Gasteiger partial charge is 0.479 e. The van der Waals surface area contributed by atoms with E-state index in [-0.39, 0.29) is 18.4 Å². The van der Waals surface area contributed by atoms with Crippen molar-refractivity contribution in [1.82, 2.24) is 9.80 Å². The van der Waals surface area contributed by atoms with Crippen molar-refractivity contribution >= 4 is 17.8 Å². The first-order chi connectivity index (χ1) is 11.5. The van der Waals surface area contributed by atoms with Gasteiger partial charge in [-0.25, -0.2) is 4.79 Å². The molecule has 2 aliphatic rings. The van der Waals surface area contributed by atoms with Gasteiger partial charge in [-0.1, -0.05) is 37.5 Å². The minimum atomic E-state index is -1.13. The minimum absolute atomic E-state index is 0.0843. The highest BCUT2D eigenvalue weighted by Crippen LogP contribution is 2.33. The van der Waals surface area contributed by atoms with Crippen LogP contribution >= 0.6 is 0 Å². The minimum Gasteiger partial charge on any atom is -0.479 e. The topological polar surface area (TPSA) is 77.9 Å². The third-order valence-electron chi connectivity index (χ3n) is 5.32. The molecule has 128 valence electrons. The molecule has 24 heavy (non-hydrogen) atoms. The van der Waals surface area contributed by atoms with Crippen LogP contribution in [0.2, 0.25) is 0 Å². The van der Waals surface area contributed by atoms with Crippen LogP contribution in [0.3, 0.4) is 0 Å². The summed E-state index contributed by atoms with van der Waals surface area (Å²) in [6.07, 6.45) is 3.55. The number of likely N-dealkylation sites (N-methyl/N-ethyl adjacent to an activating group) is 1. The van der Waals surface area contributed by atoms with E-state index < -0.39 is 11.5 Å². The first kappa shape index (κ1) is 16.5. The highest BCUT2D eigenvalue weighted by molar-refractivity contribution is 6.00. The van der Waals surface area contributed by atoms with Gasteiger partial charge in [-0.15, -0.1) is 0 Å². The maximum Gasteiger partial charge on any atom is 0.329 e. The summed E-state index contributed by atoms with van der Waals surface area (Å²) in [6, 6.07) is 7.30. The monoisotopic (exact) mass is 330 g/mol. The number of hydrogen-bond donors (Lipinski definition) is 1. The molecule has 0 unspecified atom stereocenters. The summed E-state index contributed by atoms with van der Waals surface area (Å²) in [7, 11) is 1.55. The van der Waals surface area contributed by atoms with Gasteiger partial charge in [0.1, 0.15) is 12.1 Å². The van der Waals surface area contributed by atoms with E-state index in [4.69, 9.17) is 0 Å². The summed E-state index contributed by atoms with van der Waals surface area (Å²) >= 11 is 0. The average molecular weight is 330 g/mol. The van der Waals surface area contributed by atoms with E-state index in [1.165, 1.54) is 9.80 Å². The Hall–Kier alpha value is -2.37. The second-order valence-electron chi connectivity index (χ2n) is 6.67. The lowest BCUT2D eigenvalue weighted by molar-refractivity contribution is -0.160. The van der Waals surface area contributed by atoms with Crippen molar-refractivity contribution in [2.75, 3.05) is 13.6 Å². The molecule has 1 N–H and O–H groups in total. The number of rotatable bonds is 4. The fourth-order valence-electron chi connectivity index (χ4n) is 3.78. The number of carbonyl (C=O) groups excluding carboxylic acids is 2. The molecule has 0 spiro atoms. The van der Waals surface area contributed by atoms with E-state index in [1.54, 1.807) is 19.2 Å². The number of fused-ring (bicyclic) bond motifs is 1. The van der Waals surface area contributed by atoms with E-state index in [9.17, 15) is 19.5 Å². The van der Waals surface area contributed by atoms with Crippen molar-refractivity contribution in [1.29, 1.82) is 0 Å². The van der Waals surface area contributed by atoms with Crippen LogP contribution in [0, 0.1) is 0 Å². The van der Waals surface area contributed by atoms with E-state index in [0.29, 0.717) is 24.9 Å². The Morgan fingerprint density at radius 3 is 2.50 bits per heavy atom. The number of hydrogen-bond acceptors (Lipinski definition) is 3. The van der Waals surface area contributed by atoms with Crippen LogP contribution in [0.25, 0.3) is 0 Å². The average Bonchev–Trinajstić information content (AvgIpc) is 2.91. The number of carboxylic acid groups (broad SMARTS) is 1. The molecule has 1 aromatic carbocycles. The van der Waals surface area contributed by atoms with Crippen molar-refractivity contribution in [3.8, 4) is 0 Å². The van der Waals surface area contributed by atoms with Crippen LogP contribution in [0.4, 0.5) is 0 Å². The first-order valence-corrected chi connectivity index (χ1v) is 8.33. The zero-order chi connectivity index (χ0) is 17.3. The Kier molecular flexibility index (Phi) is 4.30. The number of nitrogens with zero attached hydrogens (tertiary/aromatic N) is 2. The van der Waals surface area contributed by atoms with E-state index in [0.717, 1.165) is 24.8 Å². The molecule has 6 heteroatoms. The van der Waals surface area contributed by atoms with Crippen LogP contribution in [0.15, 0.2) is 24.3 Å². The highest BCUT2D eigenvalue weighted by atomic mass is 16.4. The summed E-state index contributed by atoms with van der Waals surface area (Å²) < 4.78 is 0. The Labute approximate surface area is 141 Å². The molecule has 1 fully saturated rings. The SMILES string of the molecule is CN(C(=O)CN1Cc2ccccc2C1=O)C1(C(=O)O)CCCCC1. The molecule has 1 aliphatic heterocycles. The third-order valence-corrected chi connectivity index (χ3v) is 5.32. The van der Waals surface area contributed by atoms with Gasteiger partial charge in [0.15, 0.2) is 0 Å². The lowest BCUT2D eigenvalue weighted by Crippen LogP contribution is -2.58. The van der Waals surface area contributed by atoms with Gasteiger partial charge in [-0.2, -0.15) is 0 Å². The van der Waals surface area contributed by atoms with Crippen LogP contribution in [0.1, 0.15) is 48.0 Å². The predicted octanol–water partition coefficient (Wildman–Crippen LogP) is 1.89. The van der Waals surface area contributed by atoms with Gasteiger partial charge >= 0.3 is 5.97 Å². The van der Waals surface area contributed by atoms with E-state index in [2.05, 4.69) is 0 Å². The van der Waals surface area contributed by atoms with Gasteiger partial charge in [-0.05, 0) is 24.5 Å². The van der Waals surface area contributed by atoms with Gasteiger partial charge in [0.2, 0.25) is 5.91 Å². The molecule has 0 aromatic heterocycles. The molecule has 0 saturated heterocycles. The number of carboxylic acids is 1. The second-order valence-corrected chi connectivity index (χ2v) is 6.67. The normalized spacial score (nSPS) is 19.0. The Balaban J connectivity index is 1.73. The maximum absolute atomic E-state index is 12.7. The summed E-state index contributed by atoms with van der Waals surface area (Å²) in [6.45, 7) is 0.313. The summed E-state index contributed by atoms with van der Waals surface area (Å²) in [5.41, 5.74) is 0.396. The standard InChI is InChI=1S/C18H22N2O4/c1-19(18(17(23)24)9-5-2-6-10-18)15(21)12-20-11-13-7-3-4-8-14(13)16(20)22/h3-4,7-8H,2,5-6,9-12H2,1H3,(H,23,24). The van der Waals surface area contributed by atoms with Crippen LogP contribution < -0.4 is 0 Å². The summed E-state index contributed by atoms with van der Waals surface area (Å²) in [5.74, 6) is -1.44. The zero-order valence-corrected chi connectivity index (χ0v) is 13.8. The van der Waals surface area contributed by atoms with E-state index >= 15 is 0 Å². The molecule has 0 atom stereocenters. The van der Waals surface area contributed by atoms with Gasteiger partial charge in [-0.3, -0.25) is 9.59 Å². The second kappa shape index (κ2) is 6.26. The van der Waals surface area contributed by atoms with Gasteiger partial charge in [0, 0.05) is 19.2 Å². The molecule has 1 aliphatic carbocycles. The van der Waals surface area contributed by atoms with Crippen molar-refractivity contribution < 1.29 is 19.5 Å². The fraction of sp³-hybridized carbons (Fsp3) is 0.500. The van der Waals surface area contributed by atoms with Crippen molar-refractivity contribution in [2.24, 2.45) is 0 Å². The number of carbonyl (C=O) groups is 3. The Morgan fingerprint density at radius 2 is 1.88 bits per heavy atom. The molecule has 0 bridgehead atoms. The van der Waals surface area contributed by atoms with Crippen molar-refractivity contribution in [3.63, 3.8) is 0 Å². The zero-order valence-electron chi connectivity index (χ0n) is 13.8. The summed E-state index contributed by atoms with van der Waals surface area (Å²) in [5, 5.41) is 9.69. The maximum atomic E-state index is 12.7. The molecule has 3 rings (SSSR count). The van der Waals surface area contributed by atoms with Crippen LogP contribution in [-0.2, 0) is 16.1 Å². The lowest BCUT2D eigenvalue weighted by atomic mass is 9.80. The molecule has 1 saturated carbocycles. The van der Waals surface area contributed by atoms with Gasteiger partial charge in [0.05, 0.1) is 0 Å². The lowest BCUT2D eigenvalue weighted by Gasteiger charge is -2.41. The number of amides is 2. The molecule has 1 aromatic rings. The van der Waals surface area contributed by atoms with Gasteiger partial charge in [0.25, 0.3) is 5.91 Å². The smallest absolute Gasteiger partial charge is 0.329 e. The Morgan fingerprint density at radius 1 is 1.21 bits per heavy atom. The first-order valence-electron chi connectivity index (χ1n) is 8.33. The van der Waals surface area contributed by atoms with Crippen LogP contribution in [-0.4, -0.2) is 51.8 Å². The van der Waals surface area contributed by atoms with Gasteiger partial charge < -0.3 is 14.9 Å². The fourth-order valence-corrected chi connectivity index (χ4v) is 3.78. The molecular formula is C18H22N2O4. The Bertz CT molecular complexity index is 679. The third kappa shape index (κ3) is 2.66. The molecule has 0 radical (unpaired) electrons. The molecule has 1 heterocycles. The van der Waals surface area contributed by atoms with Crippen molar-refractivity contribution in [3.05, 3.63) is 35.4 Å². The number of benzene rings is 1.